The summed E-state index contributed by atoms with van der Waals surface area (Å²) >= 11 is 5.93. The average Bonchev–Trinajstić information content (AvgIpc) is 2.74. The van der Waals surface area contributed by atoms with E-state index in [0.29, 0.717) is 23.1 Å². The summed E-state index contributed by atoms with van der Waals surface area (Å²) in [5, 5.41) is 12.7. The summed E-state index contributed by atoms with van der Waals surface area (Å²) in [5.41, 5.74) is 3.26. The van der Waals surface area contributed by atoms with Crippen LogP contribution in [-0.2, 0) is 11.4 Å². The first-order valence-electron chi connectivity index (χ1n) is 9.01. The zero-order chi connectivity index (χ0) is 20.6. The van der Waals surface area contributed by atoms with Crippen molar-refractivity contribution in [1.82, 2.24) is 0 Å². The van der Waals surface area contributed by atoms with Crippen molar-refractivity contribution < 1.29 is 9.53 Å². The number of carbonyl (C=O) groups excluding carboxylic acids is 1. The largest absolute Gasteiger partial charge is 0.489 e. The van der Waals surface area contributed by atoms with Crippen molar-refractivity contribution in [2.75, 3.05) is 5.32 Å². The van der Waals surface area contributed by atoms with Crippen LogP contribution < -0.4 is 10.1 Å². The highest BCUT2D eigenvalue weighted by atomic mass is 35.5. The molecular formula is C24H19ClN2O2. The van der Waals surface area contributed by atoms with Gasteiger partial charge < -0.3 is 10.1 Å². The zero-order valence-electron chi connectivity index (χ0n) is 15.9. The number of hydrogen-bond donors (Lipinski definition) is 1. The number of carbonyl (C=O) groups is 1. The number of benzene rings is 3. The lowest BCUT2D eigenvalue weighted by atomic mass is 10.1. The van der Waals surface area contributed by atoms with E-state index in [4.69, 9.17) is 16.3 Å². The fraction of sp³-hybridized carbons (Fsp3) is 0.0833. The maximum atomic E-state index is 12.5. The van der Waals surface area contributed by atoms with Crippen molar-refractivity contribution in [1.29, 1.82) is 5.26 Å². The Morgan fingerprint density at radius 1 is 1.10 bits per heavy atom. The number of rotatable bonds is 6. The minimum absolute atomic E-state index is 0.0114. The number of halogens is 1. The molecule has 0 bridgehead atoms. The van der Waals surface area contributed by atoms with Gasteiger partial charge in [0.05, 0.1) is 0 Å². The van der Waals surface area contributed by atoms with Gasteiger partial charge in [0, 0.05) is 10.7 Å². The summed E-state index contributed by atoms with van der Waals surface area (Å²) in [6, 6.07) is 24.2. The molecule has 0 radical (unpaired) electrons. The van der Waals surface area contributed by atoms with E-state index in [2.05, 4.69) is 5.32 Å². The second-order valence-electron chi connectivity index (χ2n) is 6.43. The van der Waals surface area contributed by atoms with Gasteiger partial charge in [-0.1, -0.05) is 54.1 Å². The van der Waals surface area contributed by atoms with E-state index in [9.17, 15) is 10.1 Å². The molecule has 29 heavy (non-hydrogen) atoms. The molecule has 0 heterocycles. The SMILES string of the molecule is Cc1cc(Cl)ccc1NC(=O)/C(C#N)=C/c1ccc(OCc2ccccc2)cc1. The van der Waals surface area contributed by atoms with Gasteiger partial charge in [-0.15, -0.1) is 0 Å². The van der Waals surface area contributed by atoms with Gasteiger partial charge in [0.1, 0.15) is 24.0 Å². The van der Waals surface area contributed by atoms with E-state index in [1.165, 1.54) is 0 Å². The molecule has 0 aromatic heterocycles. The maximum absolute atomic E-state index is 12.5. The summed E-state index contributed by atoms with van der Waals surface area (Å²) in [6.07, 6.45) is 1.54. The molecule has 1 N–H and O–H groups in total. The zero-order valence-corrected chi connectivity index (χ0v) is 16.6. The lowest BCUT2D eigenvalue weighted by molar-refractivity contribution is -0.112. The summed E-state index contributed by atoms with van der Waals surface area (Å²) in [7, 11) is 0. The highest BCUT2D eigenvalue weighted by molar-refractivity contribution is 6.30. The molecule has 144 valence electrons. The van der Waals surface area contributed by atoms with E-state index in [0.717, 1.165) is 16.7 Å². The Morgan fingerprint density at radius 3 is 2.48 bits per heavy atom. The van der Waals surface area contributed by atoms with Gasteiger partial charge in [-0.05, 0) is 60.0 Å². The molecule has 0 fully saturated rings. The number of amides is 1. The number of nitrogens with one attached hydrogen (secondary N) is 1. The lowest BCUT2D eigenvalue weighted by Crippen LogP contribution is -2.14. The van der Waals surface area contributed by atoms with Gasteiger partial charge in [0.2, 0.25) is 0 Å². The normalized spacial score (nSPS) is 10.9. The molecule has 0 saturated carbocycles. The second-order valence-corrected chi connectivity index (χ2v) is 6.86. The van der Waals surface area contributed by atoms with E-state index in [1.807, 2.05) is 55.5 Å². The molecule has 4 nitrogen and oxygen atoms in total. The maximum Gasteiger partial charge on any atom is 0.266 e. The first-order valence-corrected chi connectivity index (χ1v) is 9.39. The summed E-state index contributed by atoms with van der Waals surface area (Å²) in [4.78, 5) is 12.5. The van der Waals surface area contributed by atoms with Crippen molar-refractivity contribution in [3.8, 4) is 11.8 Å². The molecule has 0 atom stereocenters. The Morgan fingerprint density at radius 2 is 1.83 bits per heavy atom. The van der Waals surface area contributed by atoms with Crippen LogP contribution in [0.4, 0.5) is 5.69 Å². The number of nitriles is 1. The highest BCUT2D eigenvalue weighted by Gasteiger charge is 2.11. The number of anilines is 1. The van der Waals surface area contributed by atoms with E-state index in [-0.39, 0.29) is 5.57 Å². The predicted octanol–water partition coefficient (Wildman–Crippen LogP) is 5.77. The number of ether oxygens (including phenoxy) is 1. The second kappa shape index (κ2) is 9.59. The Hall–Kier alpha value is -3.55. The Balaban J connectivity index is 1.66. The third-order valence-corrected chi connectivity index (χ3v) is 4.48. The fourth-order valence-corrected chi connectivity index (χ4v) is 2.90. The molecule has 0 aliphatic rings. The summed E-state index contributed by atoms with van der Waals surface area (Å²) in [6.45, 7) is 2.31. The van der Waals surface area contributed by atoms with Gasteiger partial charge >= 0.3 is 0 Å². The first kappa shape index (κ1) is 20.2. The first-order chi connectivity index (χ1) is 14.0. The Bertz CT molecular complexity index is 1070. The van der Waals surface area contributed by atoms with E-state index >= 15 is 0 Å². The molecular weight excluding hydrogens is 384 g/mol. The van der Waals surface area contributed by atoms with Gasteiger partial charge in [-0.2, -0.15) is 5.26 Å². The van der Waals surface area contributed by atoms with Crippen LogP contribution in [0.3, 0.4) is 0 Å². The van der Waals surface area contributed by atoms with Gasteiger partial charge in [-0.3, -0.25) is 4.79 Å². The Labute approximate surface area is 175 Å². The minimum Gasteiger partial charge on any atom is -0.489 e. The van der Waals surface area contributed by atoms with Crippen LogP contribution in [0.1, 0.15) is 16.7 Å². The average molecular weight is 403 g/mol. The van der Waals surface area contributed by atoms with E-state index in [1.54, 1.807) is 36.4 Å². The van der Waals surface area contributed by atoms with Crippen molar-refractivity contribution in [3.63, 3.8) is 0 Å². The van der Waals surface area contributed by atoms with Gasteiger partial charge in [0.25, 0.3) is 5.91 Å². The monoisotopic (exact) mass is 402 g/mol. The van der Waals surface area contributed by atoms with Crippen LogP contribution in [0.25, 0.3) is 6.08 Å². The molecule has 0 aliphatic carbocycles. The molecule has 3 rings (SSSR count). The standard InChI is InChI=1S/C24H19ClN2O2/c1-17-13-21(25)9-12-23(17)27-24(28)20(15-26)14-18-7-10-22(11-8-18)29-16-19-5-3-2-4-6-19/h2-14H,16H2,1H3,(H,27,28)/b20-14+. The lowest BCUT2D eigenvalue weighted by Gasteiger charge is -2.08. The molecule has 0 spiro atoms. The Kier molecular flexibility index (Phi) is 6.67. The third-order valence-electron chi connectivity index (χ3n) is 4.24. The van der Waals surface area contributed by atoms with Gasteiger partial charge in [0.15, 0.2) is 0 Å². The van der Waals surface area contributed by atoms with Crippen molar-refractivity contribution in [2.45, 2.75) is 13.5 Å². The van der Waals surface area contributed by atoms with Crippen molar-refractivity contribution >= 4 is 29.3 Å². The third kappa shape index (κ3) is 5.71. The molecule has 5 heteroatoms. The summed E-state index contributed by atoms with van der Waals surface area (Å²) < 4.78 is 5.75. The van der Waals surface area contributed by atoms with Crippen LogP contribution in [-0.4, -0.2) is 5.91 Å². The summed E-state index contributed by atoms with van der Waals surface area (Å²) in [5.74, 6) is 0.244. The molecule has 0 saturated heterocycles. The van der Waals surface area contributed by atoms with Crippen LogP contribution in [0, 0.1) is 18.3 Å². The van der Waals surface area contributed by atoms with Crippen LogP contribution in [0.5, 0.6) is 5.75 Å². The molecule has 0 unspecified atom stereocenters. The smallest absolute Gasteiger partial charge is 0.266 e. The fourth-order valence-electron chi connectivity index (χ4n) is 2.67. The quantitative estimate of drug-likeness (QED) is 0.420. The molecule has 1 amide bonds. The number of hydrogen-bond acceptors (Lipinski definition) is 3. The van der Waals surface area contributed by atoms with Crippen LogP contribution in [0.2, 0.25) is 5.02 Å². The number of nitrogens with zero attached hydrogens (tertiary/aromatic N) is 1. The van der Waals surface area contributed by atoms with E-state index < -0.39 is 5.91 Å². The highest BCUT2D eigenvalue weighted by Crippen LogP contribution is 2.21. The minimum atomic E-state index is -0.470. The van der Waals surface area contributed by atoms with Crippen LogP contribution >= 0.6 is 11.6 Å². The van der Waals surface area contributed by atoms with Crippen LogP contribution in [0.15, 0.2) is 78.4 Å². The van der Waals surface area contributed by atoms with Crippen molar-refractivity contribution in [2.24, 2.45) is 0 Å². The molecule has 3 aromatic rings. The van der Waals surface area contributed by atoms with Crippen molar-refractivity contribution in [3.05, 3.63) is 100 Å². The molecule has 3 aromatic carbocycles. The number of aryl methyl sites for hydroxylation is 1. The topological polar surface area (TPSA) is 62.1 Å². The molecule has 0 aliphatic heterocycles. The van der Waals surface area contributed by atoms with Gasteiger partial charge in [-0.25, -0.2) is 0 Å². The predicted molar refractivity (Wildman–Crippen MR) is 116 cm³/mol.